The van der Waals surface area contributed by atoms with E-state index in [0.29, 0.717) is 19.3 Å². The fraction of sp³-hybridized carbons (Fsp3) is 0.684. The molecule has 0 aromatic rings. The van der Waals surface area contributed by atoms with Crippen LogP contribution >= 0.6 is 0 Å². The molecule has 0 aliphatic carbocycles. The molecule has 3 unspecified atom stereocenters. The maximum atomic E-state index is 13.2. The Kier molecular flexibility index (Phi) is 47.2. The molecule has 63 heavy (non-hydrogen) atoms. The number of hydrogen-bond donors (Lipinski definition) is 3. The summed E-state index contributed by atoms with van der Waals surface area (Å²) in [7, 11) is 0. The molecule has 0 rings (SSSR count). The number of aliphatic hydroxyl groups excluding tert-OH is 2. The van der Waals surface area contributed by atoms with Gasteiger partial charge >= 0.3 is 5.97 Å². The summed E-state index contributed by atoms with van der Waals surface area (Å²) in [4.78, 5) is 26.1. The fourth-order valence-corrected chi connectivity index (χ4v) is 7.32. The lowest BCUT2D eigenvalue weighted by molar-refractivity contribution is -0.150. The molecule has 0 aromatic heterocycles. The molecule has 6 heteroatoms. The molecule has 0 aromatic carbocycles. The van der Waals surface area contributed by atoms with Gasteiger partial charge in [-0.2, -0.15) is 0 Å². The number of carbonyl (C=O) groups excluding carboxylic acids is 2. The molecule has 0 bridgehead atoms. The number of amides is 1. The predicted octanol–water partition coefficient (Wildman–Crippen LogP) is 15.7. The third-order valence-corrected chi connectivity index (χ3v) is 11.2. The highest BCUT2D eigenvalue weighted by atomic mass is 16.5. The van der Waals surface area contributed by atoms with E-state index in [9.17, 15) is 19.8 Å². The van der Waals surface area contributed by atoms with E-state index in [2.05, 4.69) is 117 Å². The number of esters is 1. The van der Waals surface area contributed by atoms with Crippen LogP contribution in [0, 0.1) is 0 Å². The number of unbranched alkanes of at least 4 members (excludes halogenated alkanes) is 17. The van der Waals surface area contributed by atoms with Gasteiger partial charge < -0.3 is 20.3 Å². The second-order valence-corrected chi connectivity index (χ2v) is 17.2. The monoisotopic (exact) mass is 876 g/mol. The normalized spacial score (nSPS) is 14.0. The Hall–Kier alpha value is -3.22. The quantitative estimate of drug-likeness (QED) is 0.0322. The van der Waals surface area contributed by atoms with Crippen LogP contribution in [-0.2, 0) is 14.3 Å². The first-order valence-corrected chi connectivity index (χ1v) is 26.0. The maximum Gasteiger partial charge on any atom is 0.306 e. The summed E-state index contributed by atoms with van der Waals surface area (Å²) in [5.41, 5.74) is 0. The van der Waals surface area contributed by atoms with Crippen LogP contribution in [0.15, 0.2) is 97.2 Å². The number of ether oxygens (including phenoxy) is 1. The van der Waals surface area contributed by atoms with Crippen LogP contribution in [0.2, 0.25) is 0 Å². The number of rotatable bonds is 45. The van der Waals surface area contributed by atoms with Crippen molar-refractivity contribution in [1.29, 1.82) is 0 Å². The van der Waals surface area contributed by atoms with Crippen molar-refractivity contribution < 1.29 is 24.5 Å². The van der Waals surface area contributed by atoms with E-state index < -0.39 is 18.2 Å². The lowest BCUT2D eigenvalue weighted by atomic mass is 10.0. The Morgan fingerprint density at radius 3 is 1.29 bits per heavy atom. The van der Waals surface area contributed by atoms with Crippen molar-refractivity contribution in [1.82, 2.24) is 5.32 Å². The van der Waals surface area contributed by atoms with Gasteiger partial charge in [-0.25, -0.2) is 0 Å². The molecule has 360 valence electrons. The van der Waals surface area contributed by atoms with Crippen molar-refractivity contribution in [2.24, 2.45) is 0 Å². The van der Waals surface area contributed by atoms with E-state index in [0.717, 1.165) is 89.9 Å². The van der Waals surface area contributed by atoms with Gasteiger partial charge in [0.2, 0.25) is 5.91 Å². The smallest absolute Gasteiger partial charge is 0.306 e. The van der Waals surface area contributed by atoms with Crippen LogP contribution in [0.25, 0.3) is 0 Å². The SMILES string of the molecule is CC/C=C/C/C=C/C/C=C/C/C=C/C/C=C/CCC(=O)OC(CCCC/C=C/C/C=C/C/C=C/CC)CC(=O)NC(CO)C(O)CCCCCCCCCCCCCCCCCC. The zero-order valence-electron chi connectivity index (χ0n) is 40.9. The van der Waals surface area contributed by atoms with Crippen LogP contribution in [0.1, 0.15) is 226 Å². The summed E-state index contributed by atoms with van der Waals surface area (Å²) < 4.78 is 5.86. The Morgan fingerprint density at radius 2 is 0.857 bits per heavy atom. The minimum absolute atomic E-state index is 0.0167. The molecular formula is C57H97NO5. The van der Waals surface area contributed by atoms with Crippen LogP contribution < -0.4 is 5.32 Å². The van der Waals surface area contributed by atoms with E-state index in [4.69, 9.17) is 4.74 Å². The van der Waals surface area contributed by atoms with Gasteiger partial charge in [0, 0.05) is 6.42 Å². The average Bonchev–Trinajstić information content (AvgIpc) is 3.28. The zero-order chi connectivity index (χ0) is 45.9. The topological polar surface area (TPSA) is 95.9 Å². The maximum absolute atomic E-state index is 13.2. The lowest BCUT2D eigenvalue weighted by Crippen LogP contribution is -2.46. The highest BCUT2D eigenvalue weighted by molar-refractivity contribution is 5.77. The number of nitrogens with one attached hydrogen (secondary N) is 1. The summed E-state index contributed by atoms with van der Waals surface area (Å²) in [5, 5.41) is 23.8. The van der Waals surface area contributed by atoms with Gasteiger partial charge in [0.05, 0.1) is 25.2 Å². The van der Waals surface area contributed by atoms with Crippen molar-refractivity contribution in [3.63, 3.8) is 0 Å². The Balaban J connectivity index is 4.68. The van der Waals surface area contributed by atoms with Gasteiger partial charge in [-0.3, -0.25) is 9.59 Å². The van der Waals surface area contributed by atoms with Crippen LogP contribution in [0.5, 0.6) is 0 Å². The van der Waals surface area contributed by atoms with Gasteiger partial charge in [-0.15, -0.1) is 0 Å². The number of carbonyl (C=O) groups is 2. The predicted molar refractivity (Wildman–Crippen MR) is 273 cm³/mol. The van der Waals surface area contributed by atoms with Crippen molar-refractivity contribution in [2.75, 3.05) is 6.61 Å². The minimum Gasteiger partial charge on any atom is -0.462 e. The molecule has 0 heterocycles. The van der Waals surface area contributed by atoms with Crippen molar-refractivity contribution in [2.45, 2.75) is 244 Å². The minimum atomic E-state index is -0.815. The summed E-state index contributed by atoms with van der Waals surface area (Å²) in [6.07, 6.45) is 66.2. The Labute approximate surface area is 388 Å². The standard InChI is InChI=1S/C57H97NO5/c1-4-7-10-13-16-19-22-25-27-29-31-34-37-40-43-46-49-55(60)54(52-59)58-56(61)51-53(48-45-42-39-36-33-24-21-18-15-12-9-6-3)63-57(62)50-47-44-41-38-35-32-30-28-26-23-20-17-14-11-8-5-2/h8-9,11-12,17-18,20-21,26,28,32-33,35-36,41,44,53-55,59-60H,4-7,10,13-16,19,22-25,27,29-31,34,37-40,42-43,45-52H2,1-3H3,(H,58,61)/b11-8+,12-9+,20-17+,21-18+,28-26+,35-32+,36-33+,44-41+. The molecule has 0 saturated heterocycles. The highest BCUT2D eigenvalue weighted by Crippen LogP contribution is 2.17. The summed E-state index contributed by atoms with van der Waals surface area (Å²) in [6.45, 7) is 6.22. The molecule has 0 fully saturated rings. The molecule has 6 nitrogen and oxygen atoms in total. The van der Waals surface area contributed by atoms with Crippen molar-refractivity contribution in [3.8, 4) is 0 Å². The van der Waals surface area contributed by atoms with Crippen LogP contribution in [-0.4, -0.2) is 46.9 Å². The Bertz CT molecular complexity index is 1260. The molecule has 3 N–H and O–H groups in total. The Morgan fingerprint density at radius 1 is 0.476 bits per heavy atom. The second kappa shape index (κ2) is 49.8. The third-order valence-electron chi connectivity index (χ3n) is 11.2. The van der Waals surface area contributed by atoms with E-state index in [1.165, 1.54) is 83.5 Å². The van der Waals surface area contributed by atoms with Gasteiger partial charge in [0.25, 0.3) is 0 Å². The van der Waals surface area contributed by atoms with E-state index in [1.807, 2.05) is 6.08 Å². The third kappa shape index (κ3) is 45.2. The summed E-state index contributed by atoms with van der Waals surface area (Å²) >= 11 is 0. The van der Waals surface area contributed by atoms with Gasteiger partial charge in [0.15, 0.2) is 0 Å². The number of hydrogen-bond acceptors (Lipinski definition) is 5. The van der Waals surface area contributed by atoms with Gasteiger partial charge in [-0.05, 0) is 89.9 Å². The molecule has 0 aliphatic rings. The zero-order valence-corrected chi connectivity index (χ0v) is 40.9. The molecule has 1 amide bonds. The van der Waals surface area contributed by atoms with E-state index >= 15 is 0 Å². The first kappa shape index (κ1) is 59.8. The van der Waals surface area contributed by atoms with Crippen molar-refractivity contribution in [3.05, 3.63) is 97.2 Å². The molecular weight excluding hydrogens is 779 g/mol. The molecule has 0 radical (unpaired) electrons. The molecule has 3 atom stereocenters. The number of allylic oxidation sites excluding steroid dienone is 16. The fourth-order valence-electron chi connectivity index (χ4n) is 7.32. The number of aliphatic hydroxyl groups is 2. The summed E-state index contributed by atoms with van der Waals surface area (Å²) in [5.74, 6) is -0.618. The highest BCUT2D eigenvalue weighted by Gasteiger charge is 2.24. The first-order valence-electron chi connectivity index (χ1n) is 26.0. The van der Waals surface area contributed by atoms with Crippen LogP contribution in [0.3, 0.4) is 0 Å². The molecule has 0 aliphatic heterocycles. The average molecular weight is 876 g/mol. The largest absolute Gasteiger partial charge is 0.462 e. The molecule has 0 saturated carbocycles. The van der Waals surface area contributed by atoms with Crippen molar-refractivity contribution >= 4 is 11.9 Å². The summed E-state index contributed by atoms with van der Waals surface area (Å²) in [6, 6.07) is -0.734. The lowest BCUT2D eigenvalue weighted by Gasteiger charge is -2.24. The molecule has 0 spiro atoms. The van der Waals surface area contributed by atoms with E-state index in [-0.39, 0.29) is 31.3 Å². The van der Waals surface area contributed by atoms with E-state index in [1.54, 1.807) is 0 Å². The van der Waals surface area contributed by atoms with Gasteiger partial charge in [-0.1, -0.05) is 221 Å². The van der Waals surface area contributed by atoms with Gasteiger partial charge in [0.1, 0.15) is 6.10 Å². The van der Waals surface area contributed by atoms with Crippen LogP contribution in [0.4, 0.5) is 0 Å². The second-order valence-electron chi connectivity index (χ2n) is 17.2. The first-order chi connectivity index (χ1) is 31.0.